The Kier molecular flexibility index (Phi) is 6.14. The lowest BCUT2D eigenvalue weighted by Crippen LogP contribution is -2.42. The number of likely N-dealkylation sites (tertiary alicyclic amines) is 1. The molecular weight excluding hydrogens is 362 g/mol. The average molecular weight is 386 g/mol. The highest BCUT2D eigenvalue weighted by molar-refractivity contribution is 6.34. The number of halogens is 1. The van der Waals surface area contributed by atoms with Crippen LogP contribution in [0.15, 0.2) is 42.5 Å². The standard InChI is InChI=1S/C21H24ClN3O2/c1-14-4-2-3-11-25(14)21(27)18-10-9-17(12-19(18)22)24-20(26)16-7-5-15(13-23)6-8-16/h5-10,12,14H,2-4,11,13,23H2,1H3,(H,24,26). The molecule has 2 amide bonds. The van der Waals surface area contributed by atoms with Crippen LogP contribution in [0.25, 0.3) is 0 Å². The van der Waals surface area contributed by atoms with E-state index >= 15 is 0 Å². The first-order valence-electron chi connectivity index (χ1n) is 9.20. The van der Waals surface area contributed by atoms with Crippen LogP contribution in [0.2, 0.25) is 5.02 Å². The van der Waals surface area contributed by atoms with Crippen LogP contribution in [0, 0.1) is 0 Å². The van der Waals surface area contributed by atoms with E-state index in [9.17, 15) is 9.59 Å². The summed E-state index contributed by atoms with van der Waals surface area (Å²) in [7, 11) is 0. The van der Waals surface area contributed by atoms with Gasteiger partial charge in [0.25, 0.3) is 11.8 Å². The molecule has 142 valence electrons. The third-order valence-electron chi connectivity index (χ3n) is 4.97. The Balaban J connectivity index is 1.72. The number of rotatable bonds is 4. The second-order valence-corrected chi connectivity index (χ2v) is 7.30. The largest absolute Gasteiger partial charge is 0.336 e. The van der Waals surface area contributed by atoms with Gasteiger partial charge in [-0.1, -0.05) is 23.7 Å². The first kappa shape index (κ1) is 19.4. The second-order valence-electron chi connectivity index (χ2n) is 6.89. The van der Waals surface area contributed by atoms with Gasteiger partial charge in [-0.3, -0.25) is 9.59 Å². The molecule has 6 heteroatoms. The molecule has 1 unspecified atom stereocenters. The minimum atomic E-state index is -0.238. The third-order valence-corrected chi connectivity index (χ3v) is 5.29. The molecule has 1 aliphatic heterocycles. The molecule has 2 aromatic rings. The minimum absolute atomic E-state index is 0.0533. The van der Waals surface area contributed by atoms with Gasteiger partial charge in [0, 0.05) is 30.4 Å². The van der Waals surface area contributed by atoms with Crippen molar-refractivity contribution in [2.45, 2.75) is 38.8 Å². The highest BCUT2D eigenvalue weighted by Crippen LogP contribution is 2.26. The number of piperidine rings is 1. The van der Waals surface area contributed by atoms with E-state index in [1.165, 1.54) is 0 Å². The van der Waals surface area contributed by atoms with Crippen molar-refractivity contribution in [2.24, 2.45) is 5.73 Å². The van der Waals surface area contributed by atoms with Crippen molar-refractivity contribution >= 4 is 29.1 Å². The SMILES string of the molecule is CC1CCCCN1C(=O)c1ccc(NC(=O)c2ccc(CN)cc2)cc1Cl. The first-order chi connectivity index (χ1) is 13.0. The fourth-order valence-electron chi connectivity index (χ4n) is 3.32. The van der Waals surface area contributed by atoms with Gasteiger partial charge in [-0.15, -0.1) is 0 Å². The molecule has 1 heterocycles. The van der Waals surface area contributed by atoms with Gasteiger partial charge in [0.2, 0.25) is 0 Å². The number of nitrogens with one attached hydrogen (secondary N) is 1. The van der Waals surface area contributed by atoms with Gasteiger partial charge in [-0.2, -0.15) is 0 Å². The van der Waals surface area contributed by atoms with Crippen molar-refractivity contribution in [3.63, 3.8) is 0 Å². The van der Waals surface area contributed by atoms with E-state index in [2.05, 4.69) is 12.2 Å². The van der Waals surface area contributed by atoms with E-state index in [0.29, 0.717) is 28.4 Å². The number of hydrogen-bond acceptors (Lipinski definition) is 3. The van der Waals surface area contributed by atoms with Crippen molar-refractivity contribution in [3.8, 4) is 0 Å². The predicted molar refractivity (Wildman–Crippen MR) is 108 cm³/mol. The number of carbonyl (C=O) groups excluding carboxylic acids is 2. The van der Waals surface area contributed by atoms with Gasteiger partial charge in [-0.05, 0) is 62.1 Å². The number of nitrogens with zero attached hydrogens (tertiary/aromatic N) is 1. The number of anilines is 1. The molecule has 0 spiro atoms. The Morgan fingerprint density at radius 1 is 1.19 bits per heavy atom. The fraction of sp³-hybridized carbons (Fsp3) is 0.333. The molecule has 1 atom stereocenters. The van der Waals surface area contributed by atoms with Crippen LogP contribution in [0.5, 0.6) is 0 Å². The molecule has 0 aromatic heterocycles. The average Bonchev–Trinajstić information content (AvgIpc) is 2.68. The van der Waals surface area contributed by atoms with Crippen molar-refractivity contribution in [2.75, 3.05) is 11.9 Å². The Labute approximate surface area is 164 Å². The van der Waals surface area contributed by atoms with Gasteiger partial charge in [0.1, 0.15) is 0 Å². The summed E-state index contributed by atoms with van der Waals surface area (Å²) in [6.07, 6.45) is 3.18. The summed E-state index contributed by atoms with van der Waals surface area (Å²) < 4.78 is 0. The monoisotopic (exact) mass is 385 g/mol. The van der Waals surface area contributed by atoms with Gasteiger partial charge >= 0.3 is 0 Å². The van der Waals surface area contributed by atoms with Crippen molar-refractivity contribution in [1.29, 1.82) is 0 Å². The molecule has 3 rings (SSSR count). The number of amides is 2. The number of carbonyl (C=O) groups is 2. The maximum Gasteiger partial charge on any atom is 0.255 e. The zero-order chi connectivity index (χ0) is 19.4. The van der Waals surface area contributed by atoms with Crippen LogP contribution in [0.1, 0.15) is 52.5 Å². The summed E-state index contributed by atoms with van der Waals surface area (Å²) in [5, 5.41) is 3.15. The lowest BCUT2D eigenvalue weighted by molar-refractivity contribution is 0.0635. The summed E-state index contributed by atoms with van der Waals surface area (Å²) >= 11 is 6.35. The molecule has 27 heavy (non-hydrogen) atoms. The van der Waals surface area contributed by atoms with Crippen LogP contribution in [0.4, 0.5) is 5.69 Å². The van der Waals surface area contributed by atoms with Gasteiger partial charge in [0.05, 0.1) is 10.6 Å². The predicted octanol–water partition coefficient (Wildman–Crippen LogP) is 4.07. The van der Waals surface area contributed by atoms with E-state index in [4.69, 9.17) is 17.3 Å². The van der Waals surface area contributed by atoms with Crippen LogP contribution in [-0.2, 0) is 6.54 Å². The van der Waals surface area contributed by atoms with Crippen molar-refractivity contribution in [3.05, 3.63) is 64.2 Å². The molecule has 0 radical (unpaired) electrons. The number of hydrogen-bond donors (Lipinski definition) is 2. The topological polar surface area (TPSA) is 75.4 Å². The first-order valence-corrected chi connectivity index (χ1v) is 9.58. The van der Waals surface area contributed by atoms with Crippen LogP contribution < -0.4 is 11.1 Å². The molecule has 0 saturated carbocycles. The Bertz CT molecular complexity index is 836. The summed E-state index contributed by atoms with van der Waals surface area (Å²) in [4.78, 5) is 27.0. The highest BCUT2D eigenvalue weighted by atomic mass is 35.5. The van der Waals surface area contributed by atoms with E-state index in [1.807, 2.05) is 17.0 Å². The van der Waals surface area contributed by atoms with E-state index < -0.39 is 0 Å². The second kappa shape index (κ2) is 8.55. The molecule has 1 saturated heterocycles. The Morgan fingerprint density at radius 3 is 2.56 bits per heavy atom. The van der Waals surface area contributed by atoms with E-state index in [-0.39, 0.29) is 17.9 Å². The van der Waals surface area contributed by atoms with Gasteiger partial charge < -0.3 is 16.0 Å². The van der Waals surface area contributed by atoms with Crippen molar-refractivity contribution in [1.82, 2.24) is 4.90 Å². The summed E-state index contributed by atoms with van der Waals surface area (Å²) in [6.45, 7) is 3.26. The van der Waals surface area contributed by atoms with Gasteiger partial charge in [0.15, 0.2) is 0 Å². The number of benzene rings is 2. The van der Waals surface area contributed by atoms with Gasteiger partial charge in [-0.25, -0.2) is 0 Å². The van der Waals surface area contributed by atoms with E-state index in [0.717, 1.165) is 31.4 Å². The molecule has 0 bridgehead atoms. The maximum atomic E-state index is 12.8. The molecule has 2 aromatic carbocycles. The third kappa shape index (κ3) is 4.49. The maximum absolute atomic E-state index is 12.8. The van der Waals surface area contributed by atoms with Crippen molar-refractivity contribution < 1.29 is 9.59 Å². The number of nitrogens with two attached hydrogens (primary N) is 1. The zero-order valence-corrected chi connectivity index (χ0v) is 16.1. The van der Waals surface area contributed by atoms with Crippen LogP contribution >= 0.6 is 11.6 Å². The lowest BCUT2D eigenvalue weighted by atomic mass is 10.0. The molecule has 0 aliphatic carbocycles. The zero-order valence-electron chi connectivity index (χ0n) is 15.4. The molecule has 1 aliphatic rings. The normalized spacial score (nSPS) is 16.9. The minimum Gasteiger partial charge on any atom is -0.336 e. The van der Waals surface area contributed by atoms with Crippen LogP contribution in [0.3, 0.4) is 0 Å². The summed E-state index contributed by atoms with van der Waals surface area (Å²) in [5.41, 5.74) is 8.09. The Morgan fingerprint density at radius 2 is 1.93 bits per heavy atom. The van der Waals surface area contributed by atoms with Crippen LogP contribution in [-0.4, -0.2) is 29.3 Å². The lowest BCUT2D eigenvalue weighted by Gasteiger charge is -2.33. The Hall–Kier alpha value is -2.37. The van der Waals surface area contributed by atoms with E-state index in [1.54, 1.807) is 30.3 Å². The summed E-state index contributed by atoms with van der Waals surface area (Å²) in [6, 6.07) is 12.3. The highest BCUT2D eigenvalue weighted by Gasteiger charge is 2.25. The molecule has 3 N–H and O–H groups in total. The fourth-order valence-corrected chi connectivity index (χ4v) is 3.58. The summed E-state index contributed by atoms with van der Waals surface area (Å²) in [5.74, 6) is -0.291. The smallest absolute Gasteiger partial charge is 0.255 e. The molecular formula is C21H24ClN3O2. The molecule has 5 nitrogen and oxygen atoms in total. The molecule has 1 fully saturated rings. The quantitative estimate of drug-likeness (QED) is 0.833.